The summed E-state index contributed by atoms with van der Waals surface area (Å²) in [6.07, 6.45) is 5.67. The van der Waals surface area contributed by atoms with Crippen LogP contribution in [-0.4, -0.2) is 36.6 Å². The molecule has 1 aliphatic heterocycles. The highest BCUT2D eigenvalue weighted by atomic mass is 15.2. The van der Waals surface area contributed by atoms with Crippen LogP contribution < -0.4 is 5.32 Å². The molecular formula is C14H28N2. The van der Waals surface area contributed by atoms with Crippen LogP contribution in [0, 0.1) is 11.8 Å². The van der Waals surface area contributed by atoms with Crippen LogP contribution in [0.3, 0.4) is 0 Å². The van der Waals surface area contributed by atoms with Crippen LogP contribution in [-0.2, 0) is 0 Å². The number of hydrogen-bond donors (Lipinski definition) is 1. The SMILES string of the molecule is CCN(C1CCNC1)C1C(C)CCCC1C. The van der Waals surface area contributed by atoms with E-state index in [1.807, 2.05) is 0 Å². The minimum absolute atomic E-state index is 0.804. The van der Waals surface area contributed by atoms with Crippen LogP contribution in [0.5, 0.6) is 0 Å². The summed E-state index contributed by atoms with van der Waals surface area (Å²) in [7, 11) is 0. The van der Waals surface area contributed by atoms with Gasteiger partial charge < -0.3 is 5.32 Å². The molecule has 3 atom stereocenters. The van der Waals surface area contributed by atoms with E-state index in [1.165, 1.54) is 45.3 Å². The van der Waals surface area contributed by atoms with E-state index in [1.54, 1.807) is 0 Å². The molecule has 2 heteroatoms. The molecule has 94 valence electrons. The highest BCUT2D eigenvalue weighted by molar-refractivity contribution is 4.91. The molecule has 2 nitrogen and oxygen atoms in total. The molecule has 0 aromatic carbocycles. The van der Waals surface area contributed by atoms with E-state index in [0.717, 1.165) is 23.9 Å². The highest BCUT2D eigenvalue weighted by Gasteiger charge is 2.35. The number of nitrogens with one attached hydrogen (secondary N) is 1. The summed E-state index contributed by atoms with van der Waals surface area (Å²) in [6.45, 7) is 10.9. The third-order valence-corrected chi connectivity index (χ3v) is 4.74. The predicted molar refractivity (Wildman–Crippen MR) is 69.6 cm³/mol. The average Bonchev–Trinajstić information content (AvgIpc) is 2.77. The van der Waals surface area contributed by atoms with Crippen molar-refractivity contribution >= 4 is 0 Å². The van der Waals surface area contributed by atoms with Gasteiger partial charge in [-0.1, -0.05) is 27.2 Å². The van der Waals surface area contributed by atoms with Crippen LogP contribution in [0.25, 0.3) is 0 Å². The fourth-order valence-corrected chi connectivity index (χ4v) is 3.95. The van der Waals surface area contributed by atoms with E-state index >= 15 is 0 Å². The summed E-state index contributed by atoms with van der Waals surface area (Å²) < 4.78 is 0. The van der Waals surface area contributed by atoms with Crippen molar-refractivity contribution in [3.05, 3.63) is 0 Å². The quantitative estimate of drug-likeness (QED) is 0.792. The Balaban J connectivity index is 2.05. The van der Waals surface area contributed by atoms with Gasteiger partial charge in [-0.05, 0) is 44.2 Å². The summed E-state index contributed by atoms with van der Waals surface area (Å²) in [6, 6.07) is 1.64. The zero-order chi connectivity index (χ0) is 11.5. The molecule has 16 heavy (non-hydrogen) atoms. The highest BCUT2D eigenvalue weighted by Crippen LogP contribution is 2.34. The summed E-state index contributed by atoms with van der Waals surface area (Å²) in [5, 5.41) is 3.51. The Morgan fingerprint density at radius 1 is 1.12 bits per heavy atom. The molecule has 2 aliphatic rings. The van der Waals surface area contributed by atoms with Gasteiger partial charge in [-0.15, -0.1) is 0 Å². The van der Waals surface area contributed by atoms with Gasteiger partial charge in [-0.2, -0.15) is 0 Å². The number of nitrogens with zero attached hydrogens (tertiary/aromatic N) is 1. The number of likely N-dealkylation sites (N-methyl/N-ethyl adjacent to an activating group) is 1. The molecule has 2 rings (SSSR count). The van der Waals surface area contributed by atoms with Gasteiger partial charge in [0.2, 0.25) is 0 Å². The molecule has 0 spiro atoms. The molecule has 2 fully saturated rings. The van der Waals surface area contributed by atoms with Crippen LogP contribution in [0.15, 0.2) is 0 Å². The van der Waals surface area contributed by atoms with E-state index in [4.69, 9.17) is 0 Å². The normalized spacial score (nSPS) is 40.5. The Bertz CT molecular complexity index is 201. The third-order valence-electron chi connectivity index (χ3n) is 4.74. The second-order valence-corrected chi connectivity index (χ2v) is 5.85. The Labute approximate surface area is 101 Å². The molecule has 1 N–H and O–H groups in total. The lowest BCUT2D eigenvalue weighted by Crippen LogP contribution is -2.51. The Kier molecular flexibility index (Phi) is 4.26. The smallest absolute Gasteiger partial charge is 0.0235 e. The first-order valence-electron chi connectivity index (χ1n) is 7.20. The van der Waals surface area contributed by atoms with Crippen molar-refractivity contribution in [2.75, 3.05) is 19.6 Å². The predicted octanol–water partition coefficient (Wildman–Crippen LogP) is 2.49. The van der Waals surface area contributed by atoms with Crippen molar-refractivity contribution in [2.24, 2.45) is 11.8 Å². The maximum atomic E-state index is 3.51. The van der Waals surface area contributed by atoms with Crippen molar-refractivity contribution in [3.63, 3.8) is 0 Å². The van der Waals surface area contributed by atoms with E-state index < -0.39 is 0 Å². The van der Waals surface area contributed by atoms with Crippen molar-refractivity contribution < 1.29 is 0 Å². The van der Waals surface area contributed by atoms with Crippen LogP contribution in [0.1, 0.15) is 46.5 Å². The zero-order valence-electron chi connectivity index (χ0n) is 11.2. The molecule has 1 heterocycles. The maximum Gasteiger partial charge on any atom is 0.0235 e. The number of rotatable bonds is 3. The first kappa shape index (κ1) is 12.4. The molecular weight excluding hydrogens is 196 g/mol. The minimum Gasteiger partial charge on any atom is -0.315 e. The molecule has 0 aromatic rings. The van der Waals surface area contributed by atoms with Gasteiger partial charge in [-0.3, -0.25) is 4.90 Å². The van der Waals surface area contributed by atoms with Crippen molar-refractivity contribution in [1.82, 2.24) is 10.2 Å². The first-order chi connectivity index (χ1) is 7.74. The van der Waals surface area contributed by atoms with Crippen LogP contribution >= 0.6 is 0 Å². The molecule has 0 amide bonds. The summed E-state index contributed by atoms with van der Waals surface area (Å²) >= 11 is 0. The van der Waals surface area contributed by atoms with Crippen LogP contribution in [0.4, 0.5) is 0 Å². The van der Waals surface area contributed by atoms with Gasteiger partial charge in [0.05, 0.1) is 0 Å². The van der Waals surface area contributed by atoms with Gasteiger partial charge in [0.25, 0.3) is 0 Å². The topological polar surface area (TPSA) is 15.3 Å². The molecule has 0 radical (unpaired) electrons. The summed E-state index contributed by atoms with van der Waals surface area (Å²) in [4.78, 5) is 2.80. The second-order valence-electron chi connectivity index (χ2n) is 5.85. The zero-order valence-corrected chi connectivity index (χ0v) is 11.2. The monoisotopic (exact) mass is 224 g/mol. The summed E-state index contributed by atoms with van der Waals surface area (Å²) in [5.41, 5.74) is 0. The van der Waals surface area contributed by atoms with Gasteiger partial charge in [0, 0.05) is 18.6 Å². The van der Waals surface area contributed by atoms with E-state index in [-0.39, 0.29) is 0 Å². The van der Waals surface area contributed by atoms with Crippen molar-refractivity contribution in [1.29, 1.82) is 0 Å². The Hall–Kier alpha value is -0.0800. The lowest BCUT2D eigenvalue weighted by molar-refractivity contribution is 0.0445. The third kappa shape index (κ3) is 2.43. The molecule has 1 aliphatic carbocycles. The Morgan fingerprint density at radius 2 is 1.81 bits per heavy atom. The fourth-order valence-electron chi connectivity index (χ4n) is 3.95. The largest absolute Gasteiger partial charge is 0.315 e. The molecule has 3 unspecified atom stereocenters. The summed E-state index contributed by atoms with van der Waals surface area (Å²) in [5.74, 6) is 1.79. The maximum absolute atomic E-state index is 3.51. The number of hydrogen-bond acceptors (Lipinski definition) is 2. The lowest BCUT2D eigenvalue weighted by atomic mass is 9.77. The second kappa shape index (κ2) is 5.50. The molecule has 1 saturated carbocycles. The van der Waals surface area contributed by atoms with Gasteiger partial charge in [-0.25, -0.2) is 0 Å². The van der Waals surface area contributed by atoms with Gasteiger partial charge in [0.15, 0.2) is 0 Å². The molecule has 0 bridgehead atoms. The lowest BCUT2D eigenvalue weighted by Gasteiger charge is -2.45. The Morgan fingerprint density at radius 3 is 2.31 bits per heavy atom. The van der Waals surface area contributed by atoms with Crippen molar-refractivity contribution in [2.45, 2.75) is 58.5 Å². The first-order valence-corrected chi connectivity index (χ1v) is 7.20. The standard InChI is InChI=1S/C14H28N2/c1-4-16(13-8-9-15-10-13)14-11(2)6-5-7-12(14)3/h11-15H,4-10H2,1-3H3. The molecule has 1 saturated heterocycles. The van der Waals surface area contributed by atoms with Gasteiger partial charge in [0.1, 0.15) is 0 Å². The van der Waals surface area contributed by atoms with E-state index in [9.17, 15) is 0 Å². The fraction of sp³-hybridized carbons (Fsp3) is 1.00. The van der Waals surface area contributed by atoms with Crippen LogP contribution in [0.2, 0.25) is 0 Å². The van der Waals surface area contributed by atoms with E-state index in [2.05, 4.69) is 31.0 Å². The average molecular weight is 224 g/mol. The molecule has 0 aromatic heterocycles. The minimum atomic E-state index is 0.804. The van der Waals surface area contributed by atoms with E-state index in [0.29, 0.717) is 0 Å². The van der Waals surface area contributed by atoms with Gasteiger partial charge >= 0.3 is 0 Å². The van der Waals surface area contributed by atoms with Crippen molar-refractivity contribution in [3.8, 4) is 0 Å².